The second-order valence-corrected chi connectivity index (χ2v) is 6.20. The van der Waals surface area contributed by atoms with Crippen LogP contribution in [0, 0.1) is 6.92 Å². The van der Waals surface area contributed by atoms with Crippen LogP contribution in [0.2, 0.25) is 0 Å². The number of carbonyl (C=O) groups is 3. The quantitative estimate of drug-likeness (QED) is 0.642. The maximum atomic E-state index is 11.9. The first kappa shape index (κ1) is 19.7. The van der Waals surface area contributed by atoms with E-state index in [9.17, 15) is 19.5 Å². The molecule has 0 fully saturated rings. The summed E-state index contributed by atoms with van der Waals surface area (Å²) in [6.07, 6.45) is 1.83. The first-order valence-corrected chi connectivity index (χ1v) is 8.13. The summed E-state index contributed by atoms with van der Waals surface area (Å²) in [4.78, 5) is 34.9. The van der Waals surface area contributed by atoms with E-state index in [4.69, 9.17) is 0 Å². The van der Waals surface area contributed by atoms with Crippen molar-refractivity contribution in [2.45, 2.75) is 52.0 Å². The molecule has 0 saturated carbocycles. The summed E-state index contributed by atoms with van der Waals surface area (Å²) in [6.45, 7) is 5.09. The second kappa shape index (κ2) is 9.05. The number of carbonyl (C=O) groups excluding carboxylic acids is 2. The lowest BCUT2D eigenvalue weighted by molar-refractivity contribution is -0.147. The molecule has 0 aliphatic rings. The monoisotopic (exact) mass is 334 g/mol. The Morgan fingerprint density at radius 2 is 1.75 bits per heavy atom. The van der Waals surface area contributed by atoms with Gasteiger partial charge in [0, 0.05) is 6.42 Å². The zero-order valence-electron chi connectivity index (χ0n) is 14.5. The average molecular weight is 334 g/mol. The van der Waals surface area contributed by atoms with Crippen molar-refractivity contribution in [3.8, 4) is 0 Å². The molecule has 0 spiro atoms. The molecule has 3 N–H and O–H groups in total. The van der Waals surface area contributed by atoms with Gasteiger partial charge >= 0.3 is 5.97 Å². The Morgan fingerprint density at radius 3 is 2.29 bits per heavy atom. The normalized spacial score (nSPS) is 13.0. The van der Waals surface area contributed by atoms with E-state index in [-0.39, 0.29) is 18.9 Å². The average Bonchev–Trinajstić information content (AvgIpc) is 2.52. The number of nitrogens with one attached hydrogen (secondary N) is 2. The van der Waals surface area contributed by atoms with E-state index in [0.29, 0.717) is 19.3 Å². The van der Waals surface area contributed by atoms with Crippen molar-refractivity contribution in [1.82, 2.24) is 10.6 Å². The predicted molar refractivity (Wildman–Crippen MR) is 91.6 cm³/mol. The molecule has 6 heteroatoms. The van der Waals surface area contributed by atoms with Gasteiger partial charge in [0.2, 0.25) is 11.8 Å². The minimum Gasteiger partial charge on any atom is -0.480 e. The number of rotatable bonds is 9. The van der Waals surface area contributed by atoms with Gasteiger partial charge in [0.05, 0.1) is 6.54 Å². The Hall–Kier alpha value is -2.37. The lowest BCUT2D eigenvalue weighted by atomic mass is 9.96. The zero-order valence-corrected chi connectivity index (χ0v) is 14.5. The van der Waals surface area contributed by atoms with Gasteiger partial charge in [-0.25, -0.2) is 4.79 Å². The Bertz CT molecular complexity index is 583. The van der Waals surface area contributed by atoms with Crippen LogP contribution in [0.15, 0.2) is 24.3 Å². The largest absolute Gasteiger partial charge is 0.480 e. The predicted octanol–water partition coefficient (Wildman–Crippen LogP) is 1.80. The van der Waals surface area contributed by atoms with E-state index in [0.717, 1.165) is 11.1 Å². The molecule has 0 aliphatic carbocycles. The summed E-state index contributed by atoms with van der Waals surface area (Å²) < 4.78 is 0. The van der Waals surface area contributed by atoms with E-state index in [2.05, 4.69) is 10.6 Å². The van der Waals surface area contributed by atoms with Crippen molar-refractivity contribution in [3.63, 3.8) is 0 Å². The molecule has 1 aromatic rings. The third-order valence-electron chi connectivity index (χ3n) is 3.84. The van der Waals surface area contributed by atoms with Gasteiger partial charge in [-0.1, -0.05) is 43.2 Å². The Labute approximate surface area is 142 Å². The molecule has 2 amide bonds. The molecule has 0 radical (unpaired) electrons. The molecule has 1 rings (SSSR count). The standard InChI is InChI=1S/C18H26N2O4/c1-4-11-18(3,17(23)24)20-16(22)12-19-15(21)10-9-14-7-5-13(2)6-8-14/h5-8H,4,9-12H2,1-3H3,(H,19,21)(H,20,22)(H,23,24). The molecular formula is C18H26N2O4. The van der Waals surface area contributed by atoms with Crippen LogP contribution in [-0.2, 0) is 20.8 Å². The fraction of sp³-hybridized carbons (Fsp3) is 0.500. The van der Waals surface area contributed by atoms with Gasteiger partial charge in [0.25, 0.3) is 0 Å². The van der Waals surface area contributed by atoms with Gasteiger partial charge in [-0.3, -0.25) is 9.59 Å². The van der Waals surface area contributed by atoms with Crippen LogP contribution in [-0.4, -0.2) is 35.0 Å². The van der Waals surface area contributed by atoms with Gasteiger partial charge in [0.1, 0.15) is 5.54 Å². The fourth-order valence-electron chi connectivity index (χ4n) is 2.35. The van der Waals surface area contributed by atoms with Crippen LogP contribution in [0.3, 0.4) is 0 Å². The maximum Gasteiger partial charge on any atom is 0.329 e. The number of hydrogen-bond acceptors (Lipinski definition) is 3. The summed E-state index contributed by atoms with van der Waals surface area (Å²) in [6, 6.07) is 7.92. The number of carboxylic acid groups (broad SMARTS) is 1. The van der Waals surface area contributed by atoms with Crippen molar-refractivity contribution < 1.29 is 19.5 Å². The van der Waals surface area contributed by atoms with Crippen molar-refractivity contribution in [1.29, 1.82) is 0 Å². The van der Waals surface area contributed by atoms with Gasteiger partial charge < -0.3 is 15.7 Å². The highest BCUT2D eigenvalue weighted by Crippen LogP contribution is 2.12. The molecule has 0 bridgehead atoms. The van der Waals surface area contributed by atoms with Crippen LogP contribution >= 0.6 is 0 Å². The summed E-state index contributed by atoms with van der Waals surface area (Å²) in [5.41, 5.74) is 0.911. The molecule has 24 heavy (non-hydrogen) atoms. The number of aryl methyl sites for hydroxylation is 2. The molecule has 132 valence electrons. The van der Waals surface area contributed by atoms with E-state index >= 15 is 0 Å². The SMILES string of the molecule is CCCC(C)(NC(=O)CNC(=O)CCc1ccc(C)cc1)C(=O)O. The smallest absolute Gasteiger partial charge is 0.329 e. The fourth-order valence-corrected chi connectivity index (χ4v) is 2.35. The number of carboxylic acids is 1. The van der Waals surface area contributed by atoms with E-state index in [1.54, 1.807) is 0 Å². The van der Waals surface area contributed by atoms with Crippen LogP contribution in [0.5, 0.6) is 0 Å². The molecule has 1 atom stereocenters. The minimum absolute atomic E-state index is 0.223. The summed E-state index contributed by atoms with van der Waals surface area (Å²) in [7, 11) is 0. The molecule has 1 aromatic carbocycles. The van der Waals surface area contributed by atoms with Crippen molar-refractivity contribution in [2.75, 3.05) is 6.54 Å². The lowest BCUT2D eigenvalue weighted by Crippen LogP contribution is -2.54. The maximum absolute atomic E-state index is 11.9. The molecule has 0 aromatic heterocycles. The second-order valence-electron chi connectivity index (χ2n) is 6.20. The molecule has 0 aliphatic heterocycles. The third kappa shape index (κ3) is 6.40. The zero-order chi connectivity index (χ0) is 18.2. The Balaban J connectivity index is 2.39. The van der Waals surface area contributed by atoms with Crippen LogP contribution in [0.4, 0.5) is 0 Å². The summed E-state index contributed by atoms with van der Waals surface area (Å²) >= 11 is 0. The van der Waals surface area contributed by atoms with Gasteiger partial charge in [0.15, 0.2) is 0 Å². The minimum atomic E-state index is -1.31. The summed E-state index contributed by atoms with van der Waals surface area (Å²) in [5, 5.41) is 14.2. The summed E-state index contributed by atoms with van der Waals surface area (Å²) in [5.74, 6) is -1.82. The highest BCUT2D eigenvalue weighted by atomic mass is 16.4. The van der Waals surface area contributed by atoms with E-state index in [1.807, 2.05) is 38.1 Å². The molecular weight excluding hydrogens is 308 g/mol. The van der Waals surface area contributed by atoms with Gasteiger partial charge in [-0.05, 0) is 32.3 Å². The van der Waals surface area contributed by atoms with Gasteiger partial charge in [-0.2, -0.15) is 0 Å². The topological polar surface area (TPSA) is 95.5 Å². The van der Waals surface area contributed by atoms with Crippen LogP contribution < -0.4 is 10.6 Å². The Kier molecular flexibility index (Phi) is 7.42. The van der Waals surface area contributed by atoms with Crippen molar-refractivity contribution >= 4 is 17.8 Å². The third-order valence-corrected chi connectivity index (χ3v) is 3.84. The highest BCUT2D eigenvalue weighted by molar-refractivity contribution is 5.89. The van der Waals surface area contributed by atoms with Gasteiger partial charge in [-0.15, -0.1) is 0 Å². The Morgan fingerprint density at radius 1 is 1.12 bits per heavy atom. The van der Waals surface area contributed by atoms with E-state index < -0.39 is 17.4 Å². The number of amides is 2. The molecule has 1 unspecified atom stereocenters. The van der Waals surface area contributed by atoms with Crippen molar-refractivity contribution in [3.05, 3.63) is 35.4 Å². The van der Waals surface area contributed by atoms with E-state index in [1.165, 1.54) is 6.92 Å². The number of benzene rings is 1. The molecule has 0 heterocycles. The van der Waals surface area contributed by atoms with Crippen molar-refractivity contribution in [2.24, 2.45) is 0 Å². The lowest BCUT2D eigenvalue weighted by Gasteiger charge is -2.25. The number of aliphatic carboxylic acids is 1. The first-order valence-electron chi connectivity index (χ1n) is 8.13. The molecule has 0 saturated heterocycles. The number of hydrogen-bond donors (Lipinski definition) is 3. The first-order chi connectivity index (χ1) is 11.3. The molecule has 6 nitrogen and oxygen atoms in total. The highest BCUT2D eigenvalue weighted by Gasteiger charge is 2.33. The van der Waals surface area contributed by atoms with Crippen LogP contribution in [0.1, 0.15) is 44.2 Å². The van der Waals surface area contributed by atoms with Crippen LogP contribution in [0.25, 0.3) is 0 Å².